The van der Waals surface area contributed by atoms with Crippen molar-refractivity contribution in [2.24, 2.45) is 0 Å². The highest BCUT2D eigenvalue weighted by molar-refractivity contribution is 7.22. The Balaban J connectivity index is 1.62. The lowest BCUT2D eigenvalue weighted by Crippen LogP contribution is -2.20. The molecule has 1 amide bonds. The highest BCUT2D eigenvalue weighted by atomic mass is 32.1. The summed E-state index contributed by atoms with van der Waals surface area (Å²) in [6, 6.07) is 11.5. The van der Waals surface area contributed by atoms with Crippen molar-refractivity contribution in [1.29, 1.82) is 0 Å². The van der Waals surface area contributed by atoms with Crippen LogP contribution < -0.4 is 14.8 Å². The number of aromatic nitrogens is 1. The number of thiazole rings is 1. The summed E-state index contributed by atoms with van der Waals surface area (Å²) >= 11 is 1.47. The summed E-state index contributed by atoms with van der Waals surface area (Å²) in [5, 5.41) is 3.45. The van der Waals surface area contributed by atoms with E-state index in [1.54, 1.807) is 18.2 Å². The first kappa shape index (κ1) is 15.0. The van der Waals surface area contributed by atoms with Gasteiger partial charge in [0.1, 0.15) is 13.2 Å². The summed E-state index contributed by atoms with van der Waals surface area (Å²) in [5.41, 5.74) is 2.61. The van der Waals surface area contributed by atoms with Gasteiger partial charge in [0.15, 0.2) is 16.6 Å². The second-order valence-corrected chi connectivity index (χ2v) is 6.49. The highest BCUT2D eigenvalue weighted by Crippen LogP contribution is 2.34. The van der Waals surface area contributed by atoms with Gasteiger partial charge in [-0.05, 0) is 36.2 Å². The molecule has 0 atom stereocenters. The first-order valence-electron chi connectivity index (χ1n) is 7.84. The van der Waals surface area contributed by atoms with Crippen molar-refractivity contribution in [2.75, 3.05) is 18.5 Å². The predicted octanol–water partition coefficient (Wildman–Crippen LogP) is 3.88. The van der Waals surface area contributed by atoms with E-state index in [1.165, 1.54) is 16.9 Å². The minimum atomic E-state index is -0.243. The Labute approximate surface area is 143 Å². The fourth-order valence-electron chi connectivity index (χ4n) is 2.66. The van der Waals surface area contributed by atoms with Gasteiger partial charge in [-0.15, -0.1) is 0 Å². The van der Waals surface area contributed by atoms with Gasteiger partial charge >= 0.3 is 0 Å². The van der Waals surface area contributed by atoms with Crippen LogP contribution in [0, 0.1) is 0 Å². The fourth-order valence-corrected chi connectivity index (χ4v) is 3.58. The van der Waals surface area contributed by atoms with Gasteiger partial charge in [-0.2, -0.15) is 0 Å². The molecule has 3 aromatic rings. The summed E-state index contributed by atoms with van der Waals surface area (Å²) < 4.78 is 12.2. The van der Waals surface area contributed by atoms with Crippen molar-refractivity contribution >= 4 is 32.6 Å². The van der Waals surface area contributed by atoms with Crippen molar-refractivity contribution in [3.05, 3.63) is 47.5 Å². The van der Waals surface area contributed by atoms with Gasteiger partial charge in [0.25, 0.3) is 5.91 Å². The van der Waals surface area contributed by atoms with Crippen LogP contribution in [0.2, 0.25) is 0 Å². The van der Waals surface area contributed by atoms with Gasteiger partial charge in [-0.3, -0.25) is 10.1 Å². The van der Waals surface area contributed by atoms with Gasteiger partial charge in [-0.25, -0.2) is 4.98 Å². The number of ether oxygens (including phenoxy) is 2. The Bertz CT molecular complexity index is 920. The topological polar surface area (TPSA) is 60.5 Å². The number of carbonyl (C=O) groups excluding carboxylic acids is 1. The summed E-state index contributed by atoms with van der Waals surface area (Å²) in [4.78, 5) is 17.1. The summed E-state index contributed by atoms with van der Waals surface area (Å²) in [6.45, 7) is 3.05. The number of amides is 1. The van der Waals surface area contributed by atoms with E-state index in [0.29, 0.717) is 35.4 Å². The molecule has 0 spiro atoms. The zero-order valence-electron chi connectivity index (χ0n) is 13.2. The quantitative estimate of drug-likeness (QED) is 0.786. The number of fused-ring (bicyclic) bond motifs is 2. The van der Waals surface area contributed by atoms with E-state index in [9.17, 15) is 4.79 Å². The first-order chi connectivity index (χ1) is 11.7. The normalized spacial score (nSPS) is 13.0. The maximum Gasteiger partial charge on any atom is 0.261 e. The van der Waals surface area contributed by atoms with Gasteiger partial charge in [-0.1, -0.05) is 30.4 Å². The molecule has 1 aromatic heterocycles. The SMILES string of the molecule is CCc1ccc2nc(NC(=O)c3cccc4c3OCCO4)sc2c1. The largest absolute Gasteiger partial charge is 0.486 e. The van der Waals surface area contributed by atoms with Crippen LogP contribution in [0.3, 0.4) is 0 Å². The Hall–Kier alpha value is -2.60. The molecule has 2 aromatic carbocycles. The third-order valence-corrected chi connectivity index (χ3v) is 4.83. The molecule has 1 aliphatic heterocycles. The molecule has 0 aliphatic carbocycles. The van der Waals surface area contributed by atoms with Gasteiger partial charge in [0.2, 0.25) is 0 Å². The number of nitrogens with one attached hydrogen (secondary N) is 1. The first-order valence-corrected chi connectivity index (χ1v) is 8.65. The van der Waals surface area contributed by atoms with Crippen LogP contribution in [-0.4, -0.2) is 24.1 Å². The Kier molecular flexibility index (Phi) is 3.82. The van der Waals surface area contributed by atoms with Gasteiger partial charge in [0.05, 0.1) is 15.8 Å². The van der Waals surface area contributed by atoms with Crippen LogP contribution in [0.15, 0.2) is 36.4 Å². The predicted molar refractivity (Wildman–Crippen MR) is 94.4 cm³/mol. The van der Waals surface area contributed by atoms with Crippen LogP contribution in [-0.2, 0) is 6.42 Å². The molecule has 0 bridgehead atoms. The number of benzene rings is 2. The van der Waals surface area contributed by atoms with E-state index < -0.39 is 0 Å². The fraction of sp³-hybridized carbons (Fsp3) is 0.222. The highest BCUT2D eigenvalue weighted by Gasteiger charge is 2.21. The minimum Gasteiger partial charge on any atom is -0.486 e. The second kappa shape index (κ2) is 6.13. The molecule has 6 heteroatoms. The molecule has 1 N–H and O–H groups in total. The van der Waals surface area contributed by atoms with Crippen molar-refractivity contribution < 1.29 is 14.3 Å². The molecule has 122 valence electrons. The molecule has 2 heterocycles. The lowest BCUT2D eigenvalue weighted by Gasteiger charge is -2.20. The number of rotatable bonds is 3. The number of hydrogen-bond acceptors (Lipinski definition) is 5. The van der Waals surface area contributed by atoms with E-state index in [0.717, 1.165) is 16.6 Å². The molecule has 4 rings (SSSR count). The van der Waals surface area contributed by atoms with Gasteiger partial charge < -0.3 is 9.47 Å². The molecule has 0 unspecified atom stereocenters. The standard InChI is InChI=1S/C18H16N2O3S/c1-2-11-6-7-13-15(10-11)24-18(19-13)20-17(21)12-4-3-5-14-16(12)23-9-8-22-14/h3-7,10H,2,8-9H2,1H3,(H,19,20,21). The van der Waals surface area contributed by atoms with E-state index in [-0.39, 0.29) is 5.91 Å². The summed E-state index contributed by atoms with van der Waals surface area (Å²) in [6.07, 6.45) is 0.975. The molecule has 0 radical (unpaired) electrons. The lowest BCUT2D eigenvalue weighted by molar-refractivity contribution is 0.101. The Morgan fingerprint density at radius 1 is 1.25 bits per heavy atom. The Morgan fingerprint density at radius 3 is 3.00 bits per heavy atom. The molecule has 0 fully saturated rings. The third kappa shape index (κ3) is 2.69. The lowest BCUT2D eigenvalue weighted by atomic mass is 10.1. The molecule has 1 aliphatic rings. The molecular formula is C18H16N2O3S. The zero-order valence-corrected chi connectivity index (χ0v) is 14.0. The van der Waals surface area contributed by atoms with E-state index >= 15 is 0 Å². The molecule has 0 saturated carbocycles. The molecule has 0 saturated heterocycles. The number of hydrogen-bond donors (Lipinski definition) is 1. The van der Waals surface area contributed by atoms with Crippen LogP contribution in [0.4, 0.5) is 5.13 Å². The summed E-state index contributed by atoms with van der Waals surface area (Å²) in [7, 11) is 0. The van der Waals surface area contributed by atoms with Crippen molar-refractivity contribution in [3.63, 3.8) is 0 Å². The Morgan fingerprint density at radius 2 is 2.12 bits per heavy atom. The molecule has 24 heavy (non-hydrogen) atoms. The van der Waals surface area contributed by atoms with Crippen LogP contribution in [0.5, 0.6) is 11.5 Å². The zero-order chi connectivity index (χ0) is 16.5. The maximum atomic E-state index is 12.6. The molecule has 5 nitrogen and oxygen atoms in total. The smallest absolute Gasteiger partial charge is 0.261 e. The minimum absolute atomic E-state index is 0.243. The number of aryl methyl sites for hydroxylation is 1. The monoisotopic (exact) mass is 340 g/mol. The van der Waals surface area contributed by atoms with E-state index in [1.807, 2.05) is 6.07 Å². The number of para-hydroxylation sites is 1. The number of anilines is 1. The average molecular weight is 340 g/mol. The van der Waals surface area contributed by atoms with Gasteiger partial charge in [0, 0.05) is 0 Å². The van der Waals surface area contributed by atoms with Crippen LogP contribution in [0.25, 0.3) is 10.2 Å². The van der Waals surface area contributed by atoms with Crippen molar-refractivity contribution in [1.82, 2.24) is 4.98 Å². The van der Waals surface area contributed by atoms with Crippen LogP contribution >= 0.6 is 11.3 Å². The van der Waals surface area contributed by atoms with Crippen molar-refractivity contribution in [3.8, 4) is 11.5 Å². The number of nitrogens with zero attached hydrogens (tertiary/aromatic N) is 1. The van der Waals surface area contributed by atoms with Crippen LogP contribution in [0.1, 0.15) is 22.8 Å². The van der Waals surface area contributed by atoms with Crippen molar-refractivity contribution in [2.45, 2.75) is 13.3 Å². The number of carbonyl (C=O) groups is 1. The molecular weight excluding hydrogens is 324 g/mol. The van der Waals surface area contributed by atoms with E-state index in [2.05, 4.69) is 29.4 Å². The van der Waals surface area contributed by atoms with E-state index in [4.69, 9.17) is 9.47 Å². The maximum absolute atomic E-state index is 12.6. The second-order valence-electron chi connectivity index (χ2n) is 5.46. The summed E-state index contributed by atoms with van der Waals surface area (Å²) in [5.74, 6) is 0.855. The average Bonchev–Trinajstić information content (AvgIpc) is 3.02. The third-order valence-electron chi connectivity index (χ3n) is 3.89.